The van der Waals surface area contributed by atoms with E-state index in [1.54, 1.807) is 0 Å². The molecule has 0 bridgehead atoms. The van der Waals surface area contributed by atoms with Crippen molar-refractivity contribution >= 4 is 16.8 Å². The van der Waals surface area contributed by atoms with Gasteiger partial charge in [0.05, 0.1) is 0 Å². The Labute approximate surface area is 140 Å². The minimum atomic E-state index is -0.271. The average molecular weight is 319 g/mol. The summed E-state index contributed by atoms with van der Waals surface area (Å²) in [4.78, 5) is 10.5. The molecule has 0 aromatic rings. The van der Waals surface area contributed by atoms with E-state index in [1.165, 1.54) is 0 Å². The summed E-state index contributed by atoms with van der Waals surface area (Å²) in [6.07, 6.45) is 29.1. The minimum absolute atomic E-state index is 0.271. The molecule has 0 aliphatic heterocycles. The van der Waals surface area contributed by atoms with Crippen molar-refractivity contribution in [2.45, 2.75) is 44.9 Å². The number of halogens is 1. The molecule has 22 heavy (non-hydrogen) atoms. The number of hydrogen-bond acceptors (Lipinski definition) is 1. The summed E-state index contributed by atoms with van der Waals surface area (Å²) in [5.41, 5.74) is 0. The lowest BCUT2D eigenvalue weighted by Gasteiger charge is -1.87. The van der Waals surface area contributed by atoms with E-state index in [0.717, 1.165) is 38.5 Å². The maximum Gasteiger partial charge on any atom is 0.221 e. The summed E-state index contributed by atoms with van der Waals surface area (Å²) in [6, 6.07) is 0. The van der Waals surface area contributed by atoms with Gasteiger partial charge in [0, 0.05) is 6.42 Å². The molecule has 0 atom stereocenters. The van der Waals surface area contributed by atoms with Gasteiger partial charge in [-0.2, -0.15) is 0 Å². The topological polar surface area (TPSA) is 17.1 Å². The van der Waals surface area contributed by atoms with Crippen LogP contribution < -0.4 is 0 Å². The van der Waals surface area contributed by atoms with Gasteiger partial charge in [0.1, 0.15) is 0 Å². The van der Waals surface area contributed by atoms with E-state index in [-0.39, 0.29) is 5.24 Å². The van der Waals surface area contributed by atoms with Crippen molar-refractivity contribution in [2.75, 3.05) is 0 Å². The van der Waals surface area contributed by atoms with Crippen LogP contribution in [0.25, 0.3) is 0 Å². The van der Waals surface area contributed by atoms with Crippen molar-refractivity contribution in [2.24, 2.45) is 0 Å². The Morgan fingerprint density at radius 2 is 1.05 bits per heavy atom. The smallest absolute Gasteiger partial charge is 0.221 e. The summed E-state index contributed by atoms with van der Waals surface area (Å²) in [7, 11) is 0. The Bertz CT molecular complexity index is 425. The first-order chi connectivity index (χ1) is 10.8. The monoisotopic (exact) mass is 318 g/mol. The molecule has 0 amide bonds. The standard InChI is InChI=1S/C20H27ClO/c1-2-3-4-5-6-7-8-9-10-11-12-13-14-15-16-17-18-19-20(21)22/h2,4-5,7-8,10-11,13-14,16-17H,1,3,6,9,12,15,18-19H2/b5-4+,8-7+,11-10+,14-13+,17-16+. The highest BCUT2D eigenvalue weighted by Gasteiger charge is 1.90. The molecule has 0 fully saturated rings. The molecule has 0 aromatic carbocycles. The lowest BCUT2D eigenvalue weighted by Crippen LogP contribution is -1.81. The van der Waals surface area contributed by atoms with E-state index < -0.39 is 0 Å². The second-order valence-electron chi connectivity index (χ2n) is 4.72. The number of carbonyl (C=O) groups excluding carboxylic acids is 1. The van der Waals surface area contributed by atoms with Gasteiger partial charge in [-0.15, -0.1) is 6.58 Å². The average Bonchev–Trinajstić information content (AvgIpc) is 2.50. The fourth-order valence-corrected chi connectivity index (χ4v) is 1.70. The van der Waals surface area contributed by atoms with Gasteiger partial charge in [0.25, 0.3) is 0 Å². The molecule has 0 spiro atoms. The molecule has 0 radical (unpaired) electrons. The minimum Gasteiger partial charge on any atom is -0.281 e. The summed E-state index contributed by atoms with van der Waals surface area (Å²) in [5, 5.41) is -0.271. The Morgan fingerprint density at radius 1 is 0.682 bits per heavy atom. The van der Waals surface area contributed by atoms with Crippen LogP contribution in [0.5, 0.6) is 0 Å². The van der Waals surface area contributed by atoms with Crippen LogP contribution in [0.1, 0.15) is 44.9 Å². The van der Waals surface area contributed by atoms with Crippen molar-refractivity contribution in [1.82, 2.24) is 0 Å². The maximum absolute atomic E-state index is 10.5. The van der Waals surface area contributed by atoms with Crippen LogP contribution in [0.3, 0.4) is 0 Å². The highest BCUT2D eigenvalue weighted by Crippen LogP contribution is 1.98. The normalized spacial score (nSPS) is 12.6. The number of hydrogen-bond donors (Lipinski definition) is 0. The molecule has 0 aromatic heterocycles. The van der Waals surface area contributed by atoms with E-state index in [4.69, 9.17) is 11.6 Å². The Balaban J connectivity index is 3.49. The lowest BCUT2D eigenvalue weighted by atomic mass is 10.2. The zero-order valence-electron chi connectivity index (χ0n) is 13.3. The van der Waals surface area contributed by atoms with Crippen molar-refractivity contribution < 1.29 is 4.79 Å². The molecule has 0 N–H and O–H groups in total. The van der Waals surface area contributed by atoms with Gasteiger partial charge in [0.15, 0.2) is 0 Å². The van der Waals surface area contributed by atoms with E-state index in [1.807, 2.05) is 12.2 Å². The molecule has 120 valence electrons. The van der Waals surface area contributed by atoms with Gasteiger partial charge < -0.3 is 0 Å². The molecule has 0 rings (SSSR count). The fraction of sp³-hybridized carbons (Fsp3) is 0.350. The van der Waals surface area contributed by atoms with Crippen molar-refractivity contribution in [1.29, 1.82) is 0 Å². The Morgan fingerprint density at radius 3 is 1.41 bits per heavy atom. The van der Waals surface area contributed by atoms with Crippen LogP contribution in [-0.2, 0) is 4.79 Å². The summed E-state index contributed by atoms with van der Waals surface area (Å²) < 4.78 is 0. The predicted molar refractivity (Wildman–Crippen MR) is 99.1 cm³/mol. The summed E-state index contributed by atoms with van der Waals surface area (Å²) in [5.74, 6) is 0. The number of rotatable bonds is 13. The lowest BCUT2D eigenvalue weighted by molar-refractivity contribution is -0.111. The number of carbonyl (C=O) groups is 1. The molecule has 1 nitrogen and oxygen atoms in total. The predicted octanol–water partition coefficient (Wildman–Crippen LogP) is 6.45. The second kappa shape index (κ2) is 17.5. The molecule has 0 saturated carbocycles. The van der Waals surface area contributed by atoms with Gasteiger partial charge in [-0.05, 0) is 50.1 Å². The molecular weight excluding hydrogens is 292 g/mol. The fourth-order valence-electron chi connectivity index (χ4n) is 1.59. The third kappa shape index (κ3) is 18.4. The molecule has 0 unspecified atom stereocenters. The maximum atomic E-state index is 10.5. The first kappa shape index (κ1) is 20.4. The van der Waals surface area contributed by atoms with Gasteiger partial charge in [-0.25, -0.2) is 0 Å². The van der Waals surface area contributed by atoms with Crippen LogP contribution >= 0.6 is 11.6 Å². The third-order valence-corrected chi connectivity index (χ3v) is 2.92. The van der Waals surface area contributed by atoms with Crippen LogP contribution in [0, 0.1) is 0 Å². The highest BCUT2D eigenvalue weighted by molar-refractivity contribution is 6.63. The first-order valence-electron chi connectivity index (χ1n) is 7.81. The molecule has 2 heteroatoms. The molecule has 0 saturated heterocycles. The van der Waals surface area contributed by atoms with Gasteiger partial charge in [-0.3, -0.25) is 4.79 Å². The van der Waals surface area contributed by atoms with Crippen molar-refractivity contribution in [3.8, 4) is 0 Å². The molecular formula is C20H27ClO. The third-order valence-electron chi connectivity index (χ3n) is 2.73. The van der Waals surface area contributed by atoms with E-state index in [0.29, 0.717) is 6.42 Å². The summed E-state index contributed by atoms with van der Waals surface area (Å²) >= 11 is 5.24. The van der Waals surface area contributed by atoms with Crippen LogP contribution in [0.15, 0.2) is 73.4 Å². The van der Waals surface area contributed by atoms with Crippen LogP contribution in [0.4, 0.5) is 0 Å². The van der Waals surface area contributed by atoms with Crippen molar-refractivity contribution in [3.63, 3.8) is 0 Å². The van der Waals surface area contributed by atoms with E-state index >= 15 is 0 Å². The van der Waals surface area contributed by atoms with Gasteiger partial charge >= 0.3 is 0 Å². The van der Waals surface area contributed by atoms with Gasteiger partial charge in [-0.1, -0.05) is 66.8 Å². The van der Waals surface area contributed by atoms with Gasteiger partial charge in [0.2, 0.25) is 5.24 Å². The second-order valence-corrected chi connectivity index (χ2v) is 5.14. The Kier molecular flexibility index (Phi) is 16.2. The molecule has 0 heterocycles. The van der Waals surface area contributed by atoms with E-state index in [9.17, 15) is 4.79 Å². The zero-order chi connectivity index (χ0) is 16.3. The largest absolute Gasteiger partial charge is 0.281 e. The molecule has 0 aliphatic rings. The molecule has 0 aliphatic carbocycles. The van der Waals surface area contributed by atoms with Crippen LogP contribution in [-0.4, -0.2) is 5.24 Å². The highest BCUT2D eigenvalue weighted by atomic mass is 35.5. The van der Waals surface area contributed by atoms with Crippen molar-refractivity contribution in [3.05, 3.63) is 73.4 Å². The SMILES string of the molecule is C=CC/C=C/C/C=C/C/C=C/C/C=C/C/C=C/CCC(=O)Cl. The zero-order valence-corrected chi connectivity index (χ0v) is 14.0. The quantitative estimate of drug-likeness (QED) is 0.282. The summed E-state index contributed by atoms with van der Waals surface area (Å²) in [6.45, 7) is 3.67. The number of allylic oxidation sites excluding steroid dienone is 11. The Hall–Kier alpha value is -1.60. The van der Waals surface area contributed by atoms with E-state index in [2.05, 4.69) is 61.3 Å². The first-order valence-corrected chi connectivity index (χ1v) is 8.19. The van der Waals surface area contributed by atoms with Crippen LogP contribution in [0.2, 0.25) is 0 Å².